The van der Waals surface area contributed by atoms with Crippen molar-refractivity contribution in [3.63, 3.8) is 0 Å². The average molecular weight is 528 g/mol. The van der Waals surface area contributed by atoms with Crippen molar-refractivity contribution in [2.24, 2.45) is 5.92 Å². The number of carbonyl (C=O) groups excluding carboxylic acids is 3. The second-order valence-corrected chi connectivity index (χ2v) is 10.5. The maximum Gasteiger partial charge on any atom is 0.419 e. The predicted octanol–water partition coefficient (Wildman–Crippen LogP) is 3.31. The van der Waals surface area contributed by atoms with Crippen LogP contribution >= 0.6 is 0 Å². The van der Waals surface area contributed by atoms with Crippen LogP contribution in [0.25, 0.3) is 11.0 Å². The fourth-order valence-electron chi connectivity index (χ4n) is 4.44. The first-order valence-corrected chi connectivity index (χ1v) is 12.9. The second-order valence-electron chi connectivity index (χ2n) is 10.5. The third-order valence-electron chi connectivity index (χ3n) is 6.46. The van der Waals surface area contributed by atoms with Gasteiger partial charge in [0, 0.05) is 32.9 Å². The standard InChI is InChI=1S/C26H37N7O5/c1-18-9-13-32(21(34)8-11-27)16-20(18)31(5)22-19-10-14-33(23(19)30-17-29-22)25(36)37-15-7-6-12-28-24(35)38-26(2,3)4/h10,14,17-18,20H,6-9,12-13,15-16H2,1-5H3,(H,28,35)/t18-,20+/m1/s1. The fraction of sp³-hybridized carbons (Fsp3) is 0.615. The zero-order chi connectivity index (χ0) is 27.9. The van der Waals surface area contributed by atoms with E-state index in [2.05, 4.69) is 22.2 Å². The third kappa shape index (κ3) is 7.34. The van der Waals surface area contributed by atoms with E-state index in [1.54, 1.807) is 37.9 Å². The van der Waals surface area contributed by atoms with E-state index in [0.29, 0.717) is 55.2 Å². The van der Waals surface area contributed by atoms with Gasteiger partial charge in [0.2, 0.25) is 5.91 Å². The number of nitrogens with one attached hydrogen (secondary N) is 1. The molecule has 0 unspecified atom stereocenters. The Balaban J connectivity index is 1.59. The van der Waals surface area contributed by atoms with Crippen LogP contribution in [0.5, 0.6) is 0 Å². The van der Waals surface area contributed by atoms with Gasteiger partial charge < -0.3 is 24.6 Å². The number of unbranched alkanes of at least 4 members (excludes halogenated alkanes) is 1. The lowest BCUT2D eigenvalue weighted by atomic mass is 9.92. The zero-order valence-corrected chi connectivity index (χ0v) is 22.8. The molecule has 3 heterocycles. The molecule has 206 valence electrons. The van der Waals surface area contributed by atoms with Crippen molar-refractivity contribution < 1.29 is 23.9 Å². The Bertz CT molecular complexity index is 1180. The number of likely N-dealkylation sites (tertiary alicyclic amines) is 1. The van der Waals surface area contributed by atoms with Crippen molar-refractivity contribution >= 4 is 34.9 Å². The number of piperidine rings is 1. The SMILES string of the molecule is C[C@@H]1CCN(C(=O)CC#N)C[C@@H]1N(C)c1ncnc2c1ccn2C(=O)OCCCCNC(=O)OC(C)(C)C. The summed E-state index contributed by atoms with van der Waals surface area (Å²) in [7, 11) is 1.92. The van der Waals surface area contributed by atoms with Crippen LogP contribution in [0, 0.1) is 17.2 Å². The van der Waals surface area contributed by atoms with Gasteiger partial charge >= 0.3 is 12.2 Å². The topological polar surface area (TPSA) is 143 Å². The first-order chi connectivity index (χ1) is 18.0. The molecule has 1 aliphatic heterocycles. The van der Waals surface area contributed by atoms with Crippen LogP contribution in [0.2, 0.25) is 0 Å². The molecule has 38 heavy (non-hydrogen) atoms. The molecule has 0 aliphatic carbocycles. The van der Waals surface area contributed by atoms with E-state index in [1.807, 2.05) is 18.0 Å². The Morgan fingerprint density at radius 3 is 2.74 bits per heavy atom. The average Bonchev–Trinajstić information content (AvgIpc) is 3.29. The Kier molecular flexibility index (Phi) is 9.50. The van der Waals surface area contributed by atoms with E-state index >= 15 is 0 Å². The summed E-state index contributed by atoms with van der Waals surface area (Å²) in [6.45, 7) is 9.27. The van der Waals surface area contributed by atoms with Crippen LogP contribution in [0.15, 0.2) is 18.6 Å². The number of hydrogen-bond donors (Lipinski definition) is 1. The number of carbonyl (C=O) groups is 3. The van der Waals surface area contributed by atoms with Gasteiger partial charge in [-0.3, -0.25) is 4.79 Å². The molecule has 1 N–H and O–H groups in total. The number of fused-ring (bicyclic) bond motifs is 1. The highest BCUT2D eigenvalue weighted by atomic mass is 16.6. The van der Waals surface area contributed by atoms with Crippen molar-refractivity contribution in [3.05, 3.63) is 18.6 Å². The maximum absolute atomic E-state index is 12.7. The number of hydrogen-bond acceptors (Lipinski definition) is 9. The molecular formula is C26H37N7O5. The van der Waals surface area contributed by atoms with Crippen molar-refractivity contribution in [2.45, 2.75) is 65.0 Å². The minimum absolute atomic E-state index is 0.00548. The third-order valence-corrected chi connectivity index (χ3v) is 6.46. The quantitative estimate of drug-likeness (QED) is 0.511. The van der Waals surface area contributed by atoms with Crippen LogP contribution in [-0.2, 0) is 14.3 Å². The lowest BCUT2D eigenvalue weighted by molar-refractivity contribution is -0.131. The molecule has 1 fully saturated rings. The second kappa shape index (κ2) is 12.6. The molecule has 2 amide bonds. The van der Waals surface area contributed by atoms with Gasteiger partial charge in [-0.2, -0.15) is 5.26 Å². The molecule has 0 radical (unpaired) electrons. The van der Waals surface area contributed by atoms with Gasteiger partial charge in [-0.25, -0.2) is 24.1 Å². The molecule has 2 aromatic rings. The zero-order valence-electron chi connectivity index (χ0n) is 22.8. The molecule has 0 spiro atoms. The Morgan fingerprint density at radius 1 is 1.26 bits per heavy atom. The Hall–Kier alpha value is -3.88. The van der Waals surface area contributed by atoms with Crippen LogP contribution in [-0.4, -0.2) is 82.5 Å². The van der Waals surface area contributed by atoms with Crippen LogP contribution in [0.4, 0.5) is 15.4 Å². The summed E-state index contributed by atoms with van der Waals surface area (Å²) < 4.78 is 11.9. The number of alkyl carbamates (subject to hydrolysis) is 1. The highest BCUT2D eigenvalue weighted by molar-refractivity contribution is 5.93. The normalized spacial score (nSPS) is 17.5. The van der Waals surface area contributed by atoms with Gasteiger partial charge in [0.15, 0.2) is 5.65 Å². The van der Waals surface area contributed by atoms with Crippen LogP contribution in [0.3, 0.4) is 0 Å². The Labute approximate surface area is 222 Å². The predicted molar refractivity (Wildman–Crippen MR) is 141 cm³/mol. The molecule has 3 rings (SSSR count). The molecule has 0 aromatic carbocycles. The molecule has 1 saturated heterocycles. The number of anilines is 1. The monoisotopic (exact) mass is 527 g/mol. The van der Waals surface area contributed by atoms with Crippen molar-refractivity contribution in [1.29, 1.82) is 5.26 Å². The van der Waals surface area contributed by atoms with Crippen molar-refractivity contribution in [3.8, 4) is 6.07 Å². The fourth-order valence-corrected chi connectivity index (χ4v) is 4.44. The number of likely N-dealkylation sites (N-methyl/N-ethyl adjacent to an activating group) is 1. The highest BCUT2D eigenvalue weighted by Crippen LogP contribution is 2.29. The summed E-state index contributed by atoms with van der Waals surface area (Å²) in [4.78, 5) is 49.3. The van der Waals surface area contributed by atoms with Gasteiger partial charge in [0.25, 0.3) is 0 Å². The molecule has 2 atom stereocenters. The number of ether oxygens (including phenoxy) is 2. The lowest BCUT2D eigenvalue weighted by Crippen LogP contribution is -2.52. The number of amides is 2. The minimum Gasteiger partial charge on any atom is -0.449 e. The summed E-state index contributed by atoms with van der Waals surface area (Å²) in [5.41, 5.74) is -0.122. The molecule has 0 bridgehead atoms. The van der Waals surface area contributed by atoms with E-state index < -0.39 is 17.8 Å². The maximum atomic E-state index is 12.7. The van der Waals surface area contributed by atoms with Crippen molar-refractivity contribution in [1.82, 2.24) is 24.8 Å². The van der Waals surface area contributed by atoms with Gasteiger partial charge in [0.1, 0.15) is 24.2 Å². The largest absolute Gasteiger partial charge is 0.449 e. The first kappa shape index (κ1) is 28.7. The molecule has 1 aliphatic rings. The summed E-state index contributed by atoms with van der Waals surface area (Å²) in [5, 5.41) is 12.3. The summed E-state index contributed by atoms with van der Waals surface area (Å²) >= 11 is 0. The smallest absolute Gasteiger partial charge is 0.419 e. The number of rotatable bonds is 8. The van der Waals surface area contributed by atoms with Gasteiger partial charge in [0.05, 0.1) is 24.1 Å². The van der Waals surface area contributed by atoms with Gasteiger partial charge in [-0.15, -0.1) is 0 Å². The summed E-state index contributed by atoms with van der Waals surface area (Å²) in [5.74, 6) is 0.786. The van der Waals surface area contributed by atoms with E-state index in [0.717, 1.165) is 6.42 Å². The van der Waals surface area contributed by atoms with E-state index in [9.17, 15) is 14.4 Å². The molecule has 12 heteroatoms. The molecule has 2 aromatic heterocycles. The Morgan fingerprint density at radius 2 is 2.03 bits per heavy atom. The number of nitrogens with zero attached hydrogens (tertiary/aromatic N) is 6. The van der Waals surface area contributed by atoms with E-state index in [-0.39, 0.29) is 25.0 Å². The van der Waals surface area contributed by atoms with Crippen molar-refractivity contribution in [2.75, 3.05) is 38.2 Å². The number of nitriles is 1. The summed E-state index contributed by atoms with van der Waals surface area (Å²) in [6, 6.07) is 3.70. The molecule has 0 saturated carbocycles. The van der Waals surface area contributed by atoms with Gasteiger partial charge in [-0.05, 0) is 52.0 Å². The van der Waals surface area contributed by atoms with Gasteiger partial charge in [-0.1, -0.05) is 6.92 Å². The lowest BCUT2D eigenvalue weighted by Gasteiger charge is -2.42. The molecular weight excluding hydrogens is 490 g/mol. The van der Waals surface area contributed by atoms with Crippen LogP contribution in [0.1, 0.15) is 53.4 Å². The number of aromatic nitrogens is 3. The highest BCUT2D eigenvalue weighted by Gasteiger charge is 2.33. The van der Waals surface area contributed by atoms with E-state index in [4.69, 9.17) is 14.7 Å². The first-order valence-electron chi connectivity index (χ1n) is 12.9. The summed E-state index contributed by atoms with van der Waals surface area (Å²) in [6.07, 6.45) is 3.88. The molecule has 12 nitrogen and oxygen atoms in total. The minimum atomic E-state index is -0.552. The van der Waals surface area contributed by atoms with Crippen LogP contribution < -0.4 is 10.2 Å². The van der Waals surface area contributed by atoms with E-state index in [1.165, 1.54) is 10.9 Å².